The number of rotatable bonds is 8. The molecule has 0 saturated heterocycles. The zero-order valence-corrected chi connectivity index (χ0v) is 10.4. The second-order valence-electron chi connectivity index (χ2n) is 1.92. The highest BCUT2D eigenvalue weighted by Crippen LogP contribution is 2.13. The molecule has 0 fully saturated rings. The topological polar surface area (TPSA) is 0 Å². The zero-order valence-electron chi connectivity index (χ0n) is 7.17. The van der Waals surface area contributed by atoms with Crippen LogP contribution < -0.4 is 0 Å². The summed E-state index contributed by atoms with van der Waals surface area (Å²) in [6.45, 7) is 0. The van der Waals surface area contributed by atoms with Crippen molar-refractivity contribution < 1.29 is 0 Å². The molecule has 0 aliphatic carbocycles. The van der Waals surface area contributed by atoms with Gasteiger partial charge in [0.25, 0.3) is 0 Å². The molecule has 0 heterocycles. The highest BCUT2D eigenvalue weighted by molar-refractivity contribution is 8.16. The maximum atomic E-state index is 2.17. The van der Waals surface area contributed by atoms with Crippen molar-refractivity contribution in [3.05, 3.63) is 0 Å². The molecule has 68 valence electrons. The van der Waals surface area contributed by atoms with Gasteiger partial charge in [0.2, 0.25) is 0 Å². The molecule has 0 aromatic rings. The van der Waals surface area contributed by atoms with Crippen LogP contribution >= 0.6 is 47.0 Å². The molecule has 0 aliphatic rings. The largest absolute Gasteiger partial charge is 0.165 e. The fourth-order valence-electron chi connectivity index (χ4n) is 0.461. The van der Waals surface area contributed by atoms with Crippen LogP contribution in [0.15, 0.2) is 0 Å². The minimum atomic E-state index is 1.28. The van der Waals surface area contributed by atoms with E-state index >= 15 is 0 Å². The van der Waals surface area contributed by atoms with Crippen molar-refractivity contribution in [1.82, 2.24) is 0 Å². The lowest BCUT2D eigenvalue weighted by molar-refractivity contribution is 1.54. The number of hydrogen-bond donors (Lipinski definition) is 0. The lowest BCUT2D eigenvalue weighted by Crippen LogP contribution is -1.86. The van der Waals surface area contributed by atoms with Crippen molar-refractivity contribution in [2.24, 2.45) is 0 Å². The Kier molecular flexibility index (Phi) is 12.9. The van der Waals surface area contributed by atoms with Gasteiger partial charge in [-0.1, -0.05) is 0 Å². The Bertz CT molecular complexity index is 59.5. The molecule has 4 heteroatoms. The minimum Gasteiger partial charge on any atom is -0.165 e. The molecule has 0 N–H and O–H groups in total. The summed E-state index contributed by atoms with van der Waals surface area (Å²) in [6, 6.07) is 0. The molecule has 0 bridgehead atoms. The van der Waals surface area contributed by atoms with E-state index in [0.29, 0.717) is 0 Å². The van der Waals surface area contributed by atoms with Crippen LogP contribution in [0.1, 0.15) is 0 Å². The van der Waals surface area contributed by atoms with E-state index in [0.717, 1.165) is 0 Å². The van der Waals surface area contributed by atoms with E-state index in [9.17, 15) is 0 Å². The SMILES string of the molecule is CSCCSCSCCSC. The van der Waals surface area contributed by atoms with Crippen LogP contribution in [-0.2, 0) is 0 Å². The Morgan fingerprint density at radius 2 is 1.18 bits per heavy atom. The van der Waals surface area contributed by atoms with E-state index in [1.54, 1.807) is 0 Å². The molecule has 0 radical (unpaired) electrons. The van der Waals surface area contributed by atoms with Crippen LogP contribution in [0.5, 0.6) is 0 Å². The summed E-state index contributed by atoms with van der Waals surface area (Å²) in [6.07, 6.45) is 4.34. The normalized spacial score (nSPS) is 10.4. The Morgan fingerprint density at radius 3 is 1.55 bits per heavy atom. The van der Waals surface area contributed by atoms with Crippen LogP contribution in [0.25, 0.3) is 0 Å². The molecule has 11 heavy (non-hydrogen) atoms. The quantitative estimate of drug-likeness (QED) is 0.462. The lowest BCUT2D eigenvalue weighted by atomic mass is 11.0. The summed E-state index contributed by atoms with van der Waals surface area (Å²) in [7, 11) is 0. The van der Waals surface area contributed by atoms with Crippen molar-refractivity contribution in [2.45, 2.75) is 0 Å². The smallest absolute Gasteiger partial charge is 0.0392 e. The number of thioether (sulfide) groups is 4. The summed E-state index contributed by atoms with van der Waals surface area (Å²) >= 11 is 7.99. The third kappa shape index (κ3) is 11.4. The zero-order chi connectivity index (χ0) is 8.36. The van der Waals surface area contributed by atoms with Crippen LogP contribution in [-0.4, -0.2) is 40.6 Å². The van der Waals surface area contributed by atoms with Gasteiger partial charge in [0.1, 0.15) is 0 Å². The van der Waals surface area contributed by atoms with Crippen LogP contribution in [0.2, 0.25) is 0 Å². The monoisotopic (exact) mass is 228 g/mol. The third-order valence-electron chi connectivity index (χ3n) is 1.03. The molecule has 0 aromatic heterocycles. The summed E-state index contributed by atoms with van der Waals surface area (Å²) in [5.74, 6) is 5.22. The van der Waals surface area contributed by atoms with E-state index < -0.39 is 0 Å². The summed E-state index contributed by atoms with van der Waals surface area (Å²) in [5.41, 5.74) is 0. The highest BCUT2D eigenvalue weighted by atomic mass is 32.2. The fourth-order valence-corrected chi connectivity index (χ4v) is 4.15. The Hall–Kier alpha value is 1.40. The Balaban J connectivity index is 2.69. The van der Waals surface area contributed by atoms with Gasteiger partial charge in [-0.2, -0.15) is 47.0 Å². The minimum absolute atomic E-state index is 1.28. The van der Waals surface area contributed by atoms with Crippen molar-refractivity contribution in [3.63, 3.8) is 0 Å². The number of hydrogen-bond acceptors (Lipinski definition) is 4. The predicted molar refractivity (Wildman–Crippen MR) is 66.5 cm³/mol. The molecule has 0 spiro atoms. The molecular weight excluding hydrogens is 212 g/mol. The van der Waals surface area contributed by atoms with Crippen molar-refractivity contribution in [1.29, 1.82) is 0 Å². The summed E-state index contributed by atoms with van der Waals surface area (Å²) < 4.78 is 0. The van der Waals surface area contributed by atoms with Gasteiger partial charge in [-0.05, 0) is 12.5 Å². The molecular formula is C7H16S4. The van der Waals surface area contributed by atoms with Gasteiger partial charge >= 0.3 is 0 Å². The van der Waals surface area contributed by atoms with E-state index in [-0.39, 0.29) is 0 Å². The van der Waals surface area contributed by atoms with Crippen molar-refractivity contribution in [2.75, 3.05) is 40.6 Å². The van der Waals surface area contributed by atoms with E-state index in [1.165, 1.54) is 28.1 Å². The van der Waals surface area contributed by atoms with E-state index in [1.807, 2.05) is 23.5 Å². The second-order valence-corrected chi connectivity index (χ2v) is 6.47. The molecule has 0 aromatic carbocycles. The molecule has 0 rings (SSSR count). The maximum absolute atomic E-state index is 2.17. The van der Waals surface area contributed by atoms with Crippen LogP contribution in [0.3, 0.4) is 0 Å². The molecule has 0 saturated carbocycles. The average molecular weight is 228 g/mol. The first kappa shape index (κ1) is 12.4. The van der Waals surface area contributed by atoms with Crippen LogP contribution in [0.4, 0.5) is 0 Å². The van der Waals surface area contributed by atoms with Crippen molar-refractivity contribution in [3.8, 4) is 0 Å². The molecule has 0 unspecified atom stereocenters. The molecule has 0 aliphatic heterocycles. The summed E-state index contributed by atoms with van der Waals surface area (Å²) in [5, 5.41) is 1.28. The molecule has 0 atom stereocenters. The predicted octanol–water partition coefficient (Wildman–Crippen LogP) is 3.14. The lowest BCUT2D eigenvalue weighted by Gasteiger charge is -1.99. The van der Waals surface area contributed by atoms with Crippen molar-refractivity contribution >= 4 is 47.0 Å². The van der Waals surface area contributed by atoms with E-state index in [2.05, 4.69) is 36.0 Å². The van der Waals surface area contributed by atoms with Gasteiger partial charge in [0.05, 0.1) is 0 Å². The first-order valence-corrected chi connectivity index (χ1v) is 8.65. The molecule has 0 nitrogen and oxygen atoms in total. The fraction of sp³-hybridized carbons (Fsp3) is 1.00. The summed E-state index contributed by atoms with van der Waals surface area (Å²) in [4.78, 5) is 0. The van der Waals surface area contributed by atoms with Gasteiger partial charge in [-0.25, -0.2) is 0 Å². The first-order chi connectivity index (χ1) is 5.41. The van der Waals surface area contributed by atoms with Gasteiger partial charge in [0, 0.05) is 28.1 Å². The van der Waals surface area contributed by atoms with Gasteiger partial charge < -0.3 is 0 Å². The first-order valence-electron chi connectivity index (χ1n) is 3.55. The van der Waals surface area contributed by atoms with Gasteiger partial charge in [0.15, 0.2) is 0 Å². The average Bonchev–Trinajstić information content (AvgIpc) is 2.03. The highest BCUT2D eigenvalue weighted by Gasteiger charge is 1.89. The Morgan fingerprint density at radius 1 is 0.727 bits per heavy atom. The molecule has 0 amide bonds. The van der Waals surface area contributed by atoms with Gasteiger partial charge in [-0.15, -0.1) is 0 Å². The Labute approximate surface area is 87.4 Å². The maximum Gasteiger partial charge on any atom is 0.0392 e. The van der Waals surface area contributed by atoms with E-state index in [4.69, 9.17) is 0 Å². The standard InChI is InChI=1S/C7H16S4/c1-8-3-5-10-7-11-6-4-9-2/h3-7H2,1-2H3. The second kappa shape index (κ2) is 11.4. The van der Waals surface area contributed by atoms with Crippen LogP contribution in [0, 0.1) is 0 Å². The third-order valence-corrected chi connectivity index (χ3v) is 5.09. The van der Waals surface area contributed by atoms with Gasteiger partial charge in [-0.3, -0.25) is 0 Å².